The van der Waals surface area contributed by atoms with Crippen LogP contribution in [-0.2, 0) is 17.2 Å². The average molecular weight is 427 g/mol. The number of carbonyl (C=O) groups is 2. The van der Waals surface area contributed by atoms with Gasteiger partial charge in [-0.05, 0) is 24.6 Å². The first-order chi connectivity index (χ1) is 12.7. The molecule has 142 valence electrons. The second-order valence-corrected chi connectivity index (χ2v) is 7.69. The van der Waals surface area contributed by atoms with E-state index >= 15 is 0 Å². The van der Waals surface area contributed by atoms with Crippen LogP contribution in [0.1, 0.15) is 27.3 Å². The lowest BCUT2D eigenvalue weighted by atomic mass is 9.93. The molecule has 0 spiro atoms. The second-order valence-electron chi connectivity index (χ2n) is 6.58. The zero-order chi connectivity index (χ0) is 19.9. The first-order valence-electron chi connectivity index (χ1n) is 8.27. The third-order valence-electron chi connectivity index (χ3n) is 4.58. The first-order valence-corrected chi connectivity index (χ1v) is 9.56. The monoisotopic (exact) mass is 425 g/mol. The lowest BCUT2D eigenvalue weighted by molar-refractivity contribution is -0.129. The van der Waals surface area contributed by atoms with Crippen molar-refractivity contribution in [2.45, 2.75) is 19.3 Å². The van der Waals surface area contributed by atoms with E-state index in [9.17, 15) is 9.59 Å². The Morgan fingerprint density at radius 1 is 1.26 bits per heavy atom. The summed E-state index contributed by atoms with van der Waals surface area (Å²) in [6.07, 6.45) is 0. The molecule has 27 heavy (non-hydrogen) atoms. The van der Waals surface area contributed by atoms with E-state index < -0.39 is 0 Å². The Bertz CT molecular complexity index is 944. The van der Waals surface area contributed by atoms with Crippen molar-refractivity contribution in [1.82, 2.24) is 14.8 Å². The lowest BCUT2D eigenvalue weighted by Crippen LogP contribution is -2.36. The van der Waals surface area contributed by atoms with Gasteiger partial charge in [0.05, 0.1) is 17.8 Å². The number of pyridine rings is 1. The van der Waals surface area contributed by atoms with E-state index in [0.29, 0.717) is 32.4 Å². The molecular weight excluding hydrogens is 409 g/mol. The first kappa shape index (κ1) is 19.9. The molecule has 2 amide bonds. The quantitative estimate of drug-likeness (QED) is 0.690. The number of rotatable bonds is 4. The van der Waals surface area contributed by atoms with Crippen LogP contribution < -0.4 is 0 Å². The Kier molecular flexibility index (Phi) is 5.65. The molecule has 0 saturated carbocycles. The minimum Gasteiger partial charge on any atom is -0.347 e. The normalized spacial score (nSPS) is 13.1. The van der Waals surface area contributed by atoms with E-state index in [4.69, 9.17) is 34.8 Å². The number of hydrogen-bond donors (Lipinski definition) is 0. The van der Waals surface area contributed by atoms with E-state index in [1.54, 1.807) is 32.3 Å². The molecule has 2 heterocycles. The predicted molar refractivity (Wildman–Crippen MR) is 107 cm³/mol. The Morgan fingerprint density at radius 2 is 1.96 bits per heavy atom. The summed E-state index contributed by atoms with van der Waals surface area (Å²) in [5, 5.41) is 0.931. The van der Waals surface area contributed by atoms with Gasteiger partial charge >= 0.3 is 0 Å². The minimum atomic E-state index is -0.250. The maximum absolute atomic E-state index is 13.1. The number of benzene rings is 1. The van der Waals surface area contributed by atoms with Crippen LogP contribution in [-0.4, -0.2) is 47.2 Å². The molecule has 5 nitrogen and oxygen atoms in total. The molecule has 0 unspecified atom stereocenters. The standard InChI is InChI=1S/C19H18Cl3N3O2/c1-10-13(7-20)17(12-5-4-11(21)6-14(12)22)18-15(23-10)8-25(19(18)27)9-16(26)24(2)3/h4-6H,7-9H2,1-3H3. The lowest BCUT2D eigenvalue weighted by Gasteiger charge is -2.18. The zero-order valence-corrected chi connectivity index (χ0v) is 17.4. The Morgan fingerprint density at radius 3 is 2.56 bits per heavy atom. The molecule has 0 radical (unpaired) electrons. The van der Waals surface area contributed by atoms with Gasteiger partial charge in [-0.1, -0.05) is 29.3 Å². The SMILES string of the molecule is Cc1nc2c(c(-c3ccc(Cl)cc3Cl)c1CCl)C(=O)N(CC(=O)N(C)C)C2. The molecule has 0 bridgehead atoms. The molecule has 0 atom stereocenters. The van der Waals surface area contributed by atoms with Gasteiger partial charge in [0, 0.05) is 46.8 Å². The van der Waals surface area contributed by atoms with Crippen LogP contribution >= 0.6 is 34.8 Å². The highest BCUT2D eigenvalue weighted by molar-refractivity contribution is 6.36. The van der Waals surface area contributed by atoms with Crippen LogP contribution in [0.3, 0.4) is 0 Å². The fourth-order valence-corrected chi connectivity index (χ4v) is 3.97. The number of amides is 2. The van der Waals surface area contributed by atoms with Gasteiger partial charge in [0.1, 0.15) is 6.54 Å². The summed E-state index contributed by atoms with van der Waals surface area (Å²) < 4.78 is 0. The van der Waals surface area contributed by atoms with Crippen molar-refractivity contribution < 1.29 is 9.59 Å². The van der Waals surface area contributed by atoms with Crippen LogP contribution in [0.4, 0.5) is 0 Å². The largest absolute Gasteiger partial charge is 0.347 e. The number of hydrogen-bond acceptors (Lipinski definition) is 3. The summed E-state index contributed by atoms with van der Waals surface area (Å²) in [6, 6.07) is 5.12. The molecule has 1 aromatic carbocycles. The summed E-state index contributed by atoms with van der Waals surface area (Å²) in [5.74, 6) is -0.221. The number of fused-ring (bicyclic) bond motifs is 1. The highest BCUT2D eigenvalue weighted by Gasteiger charge is 2.35. The van der Waals surface area contributed by atoms with Crippen molar-refractivity contribution in [3.8, 4) is 11.1 Å². The molecule has 1 aliphatic heterocycles. The summed E-state index contributed by atoms with van der Waals surface area (Å²) in [6.45, 7) is 2.12. The molecule has 3 rings (SSSR count). The fourth-order valence-electron chi connectivity index (χ4n) is 3.14. The molecule has 0 fully saturated rings. The van der Waals surface area contributed by atoms with Crippen LogP contribution in [0.5, 0.6) is 0 Å². The molecule has 0 saturated heterocycles. The summed E-state index contributed by atoms with van der Waals surface area (Å²) in [7, 11) is 3.31. The minimum absolute atomic E-state index is 0.00869. The topological polar surface area (TPSA) is 53.5 Å². The number of alkyl halides is 1. The van der Waals surface area contributed by atoms with Crippen molar-refractivity contribution in [2.24, 2.45) is 0 Å². The smallest absolute Gasteiger partial charge is 0.257 e. The van der Waals surface area contributed by atoms with Crippen molar-refractivity contribution in [1.29, 1.82) is 0 Å². The fraction of sp³-hybridized carbons (Fsp3) is 0.316. The van der Waals surface area contributed by atoms with Gasteiger partial charge in [-0.3, -0.25) is 14.6 Å². The number of aryl methyl sites for hydroxylation is 1. The summed E-state index contributed by atoms with van der Waals surface area (Å²) in [5.41, 5.74) is 3.89. The van der Waals surface area contributed by atoms with Crippen LogP contribution in [0.2, 0.25) is 10.0 Å². The number of halogens is 3. The van der Waals surface area contributed by atoms with Gasteiger partial charge in [-0.2, -0.15) is 0 Å². The highest BCUT2D eigenvalue weighted by Crippen LogP contribution is 2.40. The van der Waals surface area contributed by atoms with E-state index in [0.717, 1.165) is 11.3 Å². The van der Waals surface area contributed by atoms with Crippen molar-refractivity contribution in [3.05, 3.63) is 50.8 Å². The maximum atomic E-state index is 13.1. The number of likely N-dealkylation sites (N-methyl/N-ethyl adjacent to an activating group) is 1. The molecular formula is C19H18Cl3N3O2. The van der Waals surface area contributed by atoms with Crippen molar-refractivity contribution in [3.63, 3.8) is 0 Å². The van der Waals surface area contributed by atoms with Gasteiger partial charge in [0.15, 0.2) is 0 Å². The molecule has 2 aromatic rings. The number of carbonyl (C=O) groups excluding carboxylic acids is 2. The highest BCUT2D eigenvalue weighted by atomic mass is 35.5. The van der Waals surface area contributed by atoms with Gasteiger partial charge < -0.3 is 9.80 Å². The van der Waals surface area contributed by atoms with E-state index in [1.165, 1.54) is 9.80 Å². The zero-order valence-electron chi connectivity index (χ0n) is 15.1. The van der Waals surface area contributed by atoms with Gasteiger partial charge in [0.25, 0.3) is 5.91 Å². The van der Waals surface area contributed by atoms with Crippen LogP contribution in [0.25, 0.3) is 11.1 Å². The van der Waals surface area contributed by atoms with E-state index in [-0.39, 0.29) is 30.8 Å². The molecule has 1 aromatic heterocycles. The number of aromatic nitrogens is 1. The Labute approximate surface area is 172 Å². The summed E-state index contributed by atoms with van der Waals surface area (Å²) >= 11 is 18.6. The van der Waals surface area contributed by atoms with Gasteiger partial charge in [-0.25, -0.2) is 0 Å². The average Bonchev–Trinajstić information content (AvgIpc) is 2.89. The molecule has 8 heteroatoms. The Hall–Kier alpha value is -1.82. The Balaban J connectivity index is 2.17. The molecule has 0 aliphatic carbocycles. The van der Waals surface area contributed by atoms with Gasteiger partial charge in [-0.15, -0.1) is 11.6 Å². The van der Waals surface area contributed by atoms with Crippen molar-refractivity contribution >= 4 is 46.6 Å². The molecule has 1 aliphatic rings. The predicted octanol–water partition coefficient (Wildman–Crippen LogP) is 4.15. The number of nitrogens with zero attached hydrogens (tertiary/aromatic N) is 3. The second kappa shape index (κ2) is 7.66. The van der Waals surface area contributed by atoms with Crippen LogP contribution in [0, 0.1) is 6.92 Å². The third-order valence-corrected chi connectivity index (χ3v) is 5.40. The third kappa shape index (κ3) is 3.64. The molecule has 0 N–H and O–H groups in total. The maximum Gasteiger partial charge on any atom is 0.257 e. The summed E-state index contributed by atoms with van der Waals surface area (Å²) in [4.78, 5) is 32.7. The van der Waals surface area contributed by atoms with Crippen LogP contribution in [0.15, 0.2) is 18.2 Å². The van der Waals surface area contributed by atoms with Gasteiger partial charge in [0.2, 0.25) is 5.91 Å². The van der Waals surface area contributed by atoms with Crippen molar-refractivity contribution in [2.75, 3.05) is 20.6 Å². The van der Waals surface area contributed by atoms with E-state index in [1.807, 2.05) is 6.92 Å². The van der Waals surface area contributed by atoms with E-state index in [2.05, 4.69) is 4.98 Å².